The molecule has 0 spiro atoms. The highest BCUT2D eigenvalue weighted by molar-refractivity contribution is 7.09. The van der Waals surface area contributed by atoms with E-state index in [1.165, 1.54) is 11.5 Å². The predicted molar refractivity (Wildman–Crippen MR) is 97.9 cm³/mol. The molecule has 6 heteroatoms. The summed E-state index contributed by atoms with van der Waals surface area (Å²) < 4.78 is 4.23. The zero-order chi connectivity index (χ0) is 16.8. The number of nitrogen functional groups attached to an aromatic ring is 1. The Morgan fingerprint density at radius 2 is 2.12 bits per heavy atom. The lowest BCUT2D eigenvalue weighted by Gasteiger charge is -2.09. The zero-order valence-electron chi connectivity index (χ0n) is 13.5. The van der Waals surface area contributed by atoms with Crippen molar-refractivity contribution in [2.24, 2.45) is 11.8 Å². The van der Waals surface area contributed by atoms with Gasteiger partial charge < -0.3 is 11.1 Å². The highest BCUT2D eigenvalue weighted by Gasteiger charge is 2.39. The number of hydrogen-bond acceptors (Lipinski definition) is 5. The van der Waals surface area contributed by atoms with Crippen LogP contribution in [0.1, 0.15) is 18.9 Å². The number of aromatic nitrogens is 2. The van der Waals surface area contributed by atoms with Gasteiger partial charge in [0, 0.05) is 29.4 Å². The number of carbonyl (C=O) groups excluding carboxylic acids is 1. The topological polar surface area (TPSA) is 80.9 Å². The molecule has 1 amide bonds. The van der Waals surface area contributed by atoms with Gasteiger partial charge in [-0.25, -0.2) is 9.36 Å². The molecule has 2 aromatic heterocycles. The molecule has 5 nitrogen and oxygen atoms in total. The molecule has 0 bridgehead atoms. The molecule has 122 valence electrons. The van der Waals surface area contributed by atoms with Gasteiger partial charge in [-0.3, -0.25) is 4.79 Å². The van der Waals surface area contributed by atoms with E-state index in [0.29, 0.717) is 17.4 Å². The number of rotatable bonds is 3. The first kappa shape index (κ1) is 15.1. The van der Waals surface area contributed by atoms with Crippen LogP contribution in [0.25, 0.3) is 21.2 Å². The van der Waals surface area contributed by atoms with Gasteiger partial charge in [0.25, 0.3) is 0 Å². The molecular formula is C18H18N4OS. The molecule has 3 N–H and O–H groups in total. The number of pyridine rings is 1. The monoisotopic (exact) mass is 338 g/mol. The van der Waals surface area contributed by atoms with E-state index in [0.717, 1.165) is 33.2 Å². The number of benzene rings is 1. The molecular weight excluding hydrogens is 320 g/mol. The van der Waals surface area contributed by atoms with E-state index in [1.54, 1.807) is 6.20 Å². The largest absolute Gasteiger partial charge is 0.398 e. The maximum absolute atomic E-state index is 12.1. The van der Waals surface area contributed by atoms with Crippen molar-refractivity contribution in [3.8, 4) is 10.4 Å². The molecule has 4 rings (SSSR count). The third-order valence-corrected chi connectivity index (χ3v) is 5.53. The molecule has 2 atom stereocenters. The molecule has 1 aliphatic carbocycles. The van der Waals surface area contributed by atoms with Gasteiger partial charge in [-0.05, 0) is 65.5 Å². The van der Waals surface area contributed by atoms with Crippen molar-refractivity contribution in [3.63, 3.8) is 0 Å². The van der Waals surface area contributed by atoms with Gasteiger partial charge in [-0.1, -0.05) is 6.92 Å². The Bertz CT molecular complexity index is 949. The van der Waals surface area contributed by atoms with E-state index in [1.807, 2.05) is 25.3 Å². The number of nitrogens with two attached hydrogens (primary N) is 1. The number of fused-ring (bicyclic) bond motifs is 1. The van der Waals surface area contributed by atoms with E-state index < -0.39 is 0 Å². The second-order valence-electron chi connectivity index (χ2n) is 6.50. The minimum atomic E-state index is 0.0526. The van der Waals surface area contributed by atoms with Crippen LogP contribution in [0.2, 0.25) is 0 Å². The number of hydrogen-bond donors (Lipinski definition) is 2. The molecule has 3 aromatic rings. The maximum Gasteiger partial charge on any atom is 0.228 e. The average molecular weight is 338 g/mol. The molecule has 1 fully saturated rings. The lowest BCUT2D eigenvalue weighted by atomic mass is 10.0. The average Bonchev–Trinajstić information content (AvgIpc) is 3.12. The Morgan fingerprint density at radius 1 is 1.33 bits per heavy atom. The smallest absolute Gasteiger partial charge is 0.228 e. The van der Waals surface area contributed by atoms with Crippen LogP contribution in [0.3, 0.4) is 0 Å². The second-order valence-corrected chi connectivity index (χ2v) is 7.30. The van der Waals surface area contributed by atoms with Crippen molar-refractivity contribution in [2.45, 2.75) is 20.3 Å². The first-order chi connectivity index (χ1) is 11.5. The Labute approximate surface area is 144 Å². The molecule has 1 saturated carbocycles. The lowest BCUT2D eigenvalue weighted by Crippen LogP contribution is -2.15. The molecule has 0 radical (unpaired) electrons. The summed E-state index contributed by atoms with van der Waals surface area (Å²) in [5, 5.41) is 4.76. The summed E-state index contributed by atoms with van der Waals surface area (Å²) in [6.07, 6.45) is 4.54. The standard InChI is InChI=1S/C18H18N4OS/c1-9-3-13(9)18(23)22-16-6-11-4-12(17-10(2)7-21-24-17)5-15(19)14(11)8-20-16/h4-9,13H,3,19H2,1-2H3,(H,20,22,23). The van der Waals surface area contributed by atoms with E-state index in [2.05, 4.69) is 27.7 Å². The fourth-order valence-corrected chi connectivity index (χ4v) is 3.70. The van der Waals surface area contributed by atoms with E-state index in [9.17, 15) is 4.79 Å². The maximum atomic E-state index is 12.1. The van der Waals surface area contributed by atoms with Crippen molar-refractivity contribution in [3.05, 3.63) is 36.2 Å². The Kier molecular flexibility index (Phi) is 3.49. The predicted octanol–water partition coefficient (Wildman–Crippen LogP) is 3.84. The summed E-state index contributed by atoms with van der Waals surface area (Å²) in [7, 11) is 0. The van der Waals surface area contributed by atoms with Crippen LogP contribution in [0, 0.1) is 18.8 Å². The molecule has 1 aliphatic rings. The molecule has 0 saturated heterocycles. The molecule has 24 heavy (non-hydrogen) atoms. The SMILES string of the molecule is Cc1cnsc1-c1cc(N)c2cnc(NC(=O)C3CC3C)cc2c1. The first-order valence-corrected chi connectivity index (χ1v) is 8.72. The summed E-state index contributed by atoms with van der Waals surface area (Å²) in [6.45, 7) is 4.12. The normalized spacial score (nSPS) is 19.4. The third-order valence-electron chi connectivity index (χ3n) is 4.58. The zero-order valence-corrected chi connectivity index (χ0v) is 14.4. The Morgan fingerprint density at radius 3 is 2.79 bits per heavy atom. The van der Waals surface area contributed by atoms with Crippen molar-refractivity contribution in [1.29, 1.82) is 0 Å². The van der Waals surface area contributed by atoms with E-state index in [-0.39, 0.29) is 11.8 Å². The fourth-order valence-electron chi connectivity index (χ4n) is 2.96. The van der Waals surface area contributed by atoms with Crippen LogP contribution in [-0.2, 0) is 4.79 Å². The first-order valence-electron chi connectivity index (χ1n) is 7.94. The number of aryl methyl sites for hydroxylation is 1. The Hall–Kier alpha value is -2.47. The van der Waals surface area contributed by atoms with E-state index in [4.69, 9.17) is 5.73 Å². The van der Waals surface area contributed by atoms with Crippen LogP contribution in [0.5, 0.6) is 0 Å². The van der Waals surface area contributed by atoms with Gasteiger partial charge in [0.05, 0.1) is 4.88 Å². The van der Waals surface area contributed by atoms with Gasteiger partial charge in [0.15, 0.2) is 0 Å². The summed E-state index contributed by atoms with van der Waals surface area (Å²) in [5.41, 5.74) is 9.04. The van der Waals surface area contributed by atoms with Gasteiger partial charge in [0.2, 0.25) is 5.91 Å². The lowest BCUT2D eigenvalue weighted by molar-refractivity contribution is -0.117. The van der Waals surface area contributed by atoms with Gasteiger partial charge in [0.1, 0.15) is 5.82 Å². The van der Waals surface area contributed by atoms with Gasteiger partial charge in [-0.2, -0.15) is 0 Å². The van der Waals surface area contributed by atoms with Crippen molar-refractivity contribution in [2.75, 3.05) is 11.1 Å². The minimum absolute atomic E-state index is 0.0526. The number of nitrogens with one attached hydrogen (secondary N) is 1. The van der Waals surface area contributed by atoms with Crippen LogP contribution in [-0.4, -0.2) is 15.3 Å². The molecule has 2 heterocycles. The van der Waals surface area contributed by atoms with Crippen LogP contribution in [0.15, 0.2) is 30.6 Å². The van der Waals surface area contributed by atoms with Crippen molar-refractivity contribution < 1.29 is 4.79 Å². The number of anilines is 2. The highest BCUT2D eigenvalue weighted by Crippen LogP contribution is 2.38. The fraction of sp³-hybridized carbons (Fsp3) is 0.278. The quantitative estimate of drug-likeness (QED) is 0.711. The summed E-state index contributed by atoms with van der Waals surface area (Å²) in [4.78, 5) is 17.5. The van der Waals surface area contributed by atoms with Crippen LogP contribution >= 0.6 is 11.5 Å². The molecule has 2 unspecified atom stereocenters. The van der Waals surface area contributed by atoms with E-state index >= 15 is 0 Å². The molecule has 0 aliphatic heterocycles. The summed E-state index contributed by atoms with van der Waals surface area (Å²) >= 11 is 1.46. The van der Waals surface area contributed by atoms with Gasteiger partial charge >= 0.3 is 0 Å². The van der Waals surface area contributed by atoms with Gasteiger partial charge in [-0.15, -0.1) is 0 Å². The summed E-state index contributed by atoms with van der Waals surface area (Å²) in [6, 6.07) is 5.91. The van der Waals surface area contributed by atoms with Crippen LogP contribution < -0.4 is 11.1 Å². The van der Waals surface area contributed by atoms with Crippen molar-refractivity contribution in [1.82, 2.24) is 9.36 Å². The molecule has 1 aromatic carbocycles. The third kappa shape index (κ3) is 2.63. The minimum Gasteiger partial charge on any atom is -0.398 e. The number of amides is 1. The number of carbonyl (C=O) groups is 1. The summed E-state index contributed by atoms with van der Waals surface area (Å²) in [5.74, 6) is 1.22. The number of nitrogens with zero attached hydrogens (tertiary/aromatic N) is 2. The van der Waals surface area contributed by atoms with Crippen molar-refractivity contribution >= 4 is 39.7 Å². The van der Waals surface area contributed by atoms with Crippen LogP contribution in [0.4, 0.5) is 11.5 Å². The Balaban J connectivity index is 1.72. The second kappa shape index (κ2) is 5.56. The highest BCUT2D eigenvalue weighted by atomic mass is 32.1.